The fourth-order valence-electron chi connectivity index (χ4n) is 5.67. The monoisotopic (exact) mass is 478 g/mol. The van der Waals surface area contributed by atoms with Crippen LogP contribution in [0.4, 0.5) is 4.79 Å². The van der Waals surface area contributed by atoms with Crippen LogP contribution in [-0.2, 0) is 30.2 Å². The van der Waals surface area contributed by atoms with Crippen LogP contribution in [0.3, 0.4) is 0 Å². The molecule has 5 saturated heterocycles. The Morgan fingerprint density at radius 1 is 0.914 bits per heavy atom. The molecule has 0 saturated carbocycles. The number of carbonyl (C=O) groups is 2. The van der Waals surface area contributed by atoms with Gasteiger partial charge in [0, 0.05) is 18.4 Å². The molecule has 0 N–H and O–H groups in total. The van der Waals surface area contributed by atoms with Gasteiger partial charge in [-0.1, -0.05) is 67.6 Å². The summed E-state index contributed by atoms with van der Waals surface area (Å²) < 4.78 is 23.4. The van der Waals surface area contributed by atoms with Crippen LogP contribution in [0.25, 0.3) is 0 Å². The van der Waals surface area contributed by atoms with Crippen LogP contribution < -0.4 is 0 Å². The summed E-state index contributed by atoms with van der Waals surface area (Å²) in [4.78, 5) is 30.9. The molecule has 5 fully saturated rings. The molecule has 5 aliphatic heterocycles. The van der Waals surface area contributed by atoms with Crippen LogP contribution >= 0.6 is 0 Å². The number of hydrogen-bond donors (Lipinski definition) is 0. The first kappa shape index (κ1) is 22.5. The molecule has 2 aromatic carbocycles. The zero-order chi connectivity index (χ0) is 24.1. The van der Waals surface area contributed by atoms with Crippen molar-refractivity contribution in [3.63, 3.8) is 0 Å². The Bertz CT molecular complexity index is 1080. The third-order valence-electron chi connectivity index (χ3n) is 7.64. The summed E-state index contributed by atoms with van der Waals surface area (Å²) in [6.07, 6.45) is 0.417. The van der Waals surface area contributed by atoms with Gasteiger partial charge in [-0.25, -0.2) is 4.79 Å². The number of fused-ring (bicyclic) bond motifs is 3. The van der Waals surface area contributed by atoms with Gasteiger partial charge in [-0.05, 0) is 17.5 Å². The van der Waals surface area contributed by atoms with Gasteiger partial charge >= 0.3 is 12.1 Å². The van der Waals surface area contributed by atoms with E-state index >= 15 is 0 Å². The molecule has 0 spiro atoms. The molecule has 0 radical (unpaired) electrons. The van der Waals surface area contributed by atoms with Crippen molar-refractivity contribution in [3.8, 4) is 0 Å². The topological polar surface area (TPSA) is 77.5 Å². The summed E-state index contributed by atoms with van der Waals surface area (Å²) in [6.45, 7) is 4.48. The molecule has 0 aromatic heterocycles. The lowest BCUT2D eigenvalue weighted by atomic mass is 9.85. The number of carbonyl (C=O) groups excluding carboxylic acids is 2. The molecule has 184 valence electrons. The molecule has 8 nitrogen and oxygen atoms in total. The predicted octanol–water partition coefficient (Wildman–Crippen LogP) is 3.13. The molecule has 35 heavy (non-hydrogen) atoms. The van der Waals surface area contributed by atoms with Gasteiger partial charge in [0.05, 0.1) is 25.9 Å². The van der Waals surface area contributed by atoms with E-state index in [4.69, 9.17) is 18.9 Å². The Hall–Kier alpha value is -2.94. The Morgan fingerprint density at radius 2 is 1.54 bits per heavy atom. The van der Waals surface area contributed by atoms with Gasteiger partial charge in [-0.2, -0.15) is 0 Å². The molecule has 5 aliphatic rings. The zero-order valence-electron chi connectivity index (χ0n) is 19.9. The number of nitrogens with zero attached hydrogens (tertiary/aromatic N) is 2. The van der Waals surface area contributed by atoms with Crippen LogP contribution in [-0.4, -0.2) is 72.8 Å². The minimum Gasteiger partial charge on any atom is -0.447 e. The first-order valence-corrected chi connectivity index (χ1v) is 12.2. The maximum atomic E-state index is 14.3. The van der Waals surface area contributed by atoms with Crippen molar-refractivity contribution in [1.82, 2.24) is 9.80 Å². The maximum absolute atomic E-state index is 14.3. The lowest BCUT2D eigenvalue weighted by Gasteiger charge is -2.51. The molecule has 2 amide bonds. The van der Waals surface area contributed by atoms with E-state index in [9.17, 15) is 9.59 Å². The highest BCUT2D eigenvalue weighted by atomic mass is 16.9. The van der Waals surface area contributed by atoms with Crippen LogP contribution in [0.1, 0.15) is 30.5 Å². The highest BCUT2D eigenvalue weighted by Gasteiger charge is 2.60. The Morgan fingerprint density at radius 3 is 2.20 bits per heavy atom. The molecular formula is C27H30N2O6. The summed E-state index contributed by atoms with van der Waals surface area (Å²) in [6, 6.07) is 19.3. The molecule has 2 aromatic rings. The van der Waals surface area contributed by atoms with E-state index < -0.39 is 17.6 Å². The third kappa shape index (κ3) is 3.80. The second kappa shape index (κ2) is 8.33. The Balaban J connectivity index is 1.34. The van der Waals surface area contributed by atoms with Gasteiger partial charge in [0.2, 0.25) is 5.91 Å². The summed E-state index contributed by atoms with van der Waals surface area (Å²) in [5, 5.41) is 0. The number of cyclic esters (lactones) is 1. The van der Waals surface area contributed by atoms with Crippen molar-refractivity contribution >= 4 is 12.0 Å². The smallest absolute Gasteiger partial charge is 0.411 e. The summed E-state index contributed by atoms with van der Waals surface area (Å²) >= 11 is 0. The van der Waals surface area contributed by atoms with E-state index in [1.807, 2.05) is 60.7 Å². The molecule has 2 atom stereocenters. The van der Waals surface area contributed by atoms with Crippen LogP contribution in [0, 0.1) is 5.41 Å². The predicted molar refractivity (Wildman–Crippen MR) is 125 cm³/mol. The second-order valence-corrected chi connectivity index (χ2v) is 10.4. The van der Waals surface area contributed by atoms with Crippen LogP contribution in [0.15, 0.2) is 60.7 Å². The number of ether oxygens (including phenoxy) is 4. The molecule has 0 unspecified atom stereocenters. The summed E-state index contributed by atoms with van der Waals surface area (Å²) in [5.74, 6) is -1.38. The number of hydrogen-bond acceptors (Lipinski definition) is 6. The largest absolute Gasteiger partial charge is 0.447 e. The lowest BCUT2D eigenvalue weighted by Crippen LogP contribution is -2.64. The van der Waals surface area contributed by atoms with Gasteiger partial charge in [-0.3, -0.25) is 9.69 Å². The fraction of sp³-hybridized carbons (Fsp3) is 0.481. The van der Waals surface area contributed by atoms with Crippen molar-refractivity contribution < 1.29 is 28.5 Å². The van der Waals surface area contributed by atoms with Crippen molar-refractivity contribution in [2.24, 2.45) is 5.41 Å². The lowest BCUT2D eigenvalue weighted by molar-refractivity contribution is -0.466. The number of rotatable bonds is 6. The van der Waals surface area contributed by atoms with Crippen molar-refractivity contribution in [2.75, 3.05) is 39.5 Å². The number of likely N-dealkylation sites (tertiary alicyclic amines) is 1. The molecule has 0 aliphatic carbocycles. The van der Waals surface area contributed by atoms with E-state index in [0.717, 1.165) is 11.1 Å². The van der Waals surface area contributed by atoms with E-state index in [1.54, 1.807) is 9.80 Å². The summed E-state index contributed by atoms with van der Waals surface area (Å²) in [7, 11) is 0. The van der Waals surface area contributed by atoms with E-state index in [0.29, 0.717) is 39.2 Å². The molecule has 7 rings (SSSR count). The van der Waals surface area contributed by atoms with Gasteiger partial charge in [-0.15, -0.1) is 0 Å². The number of amides is 2. The van der Waals surface area contributed by atoms with Gasteiger partial charge in [0.15, 0.2) is 0 Å². The Kier molecular flexibility index (Phi) is 5.36. The molecule has 5 heterocycles. The SMILES string of the molecule is CC12COC(CN3CC[C@](Cc4ccccc4)(N4C(=O)OC[C@@H]4c4ccccc4)C3=O)(OC1)OC2. The van der Waals surface area contributed by atoms with Crippen molar-refractivity contribution in [3.05, 3.63) is 71.8 Å². The second-order valence-electron chi connectivity index (χ2n) is 10.4. The average molecular weight is 479 g/mol. The minimum atomic E-state index is -1.25. The van der Waals surface area contributed by atoms with Gasteiger partial charge in [0.1, 0.15) is 18.7 Å². The maximum Gasteiger partial charge on any atom is 0.411 e. The first-order valence-electron chi connectivity index (χ1n) is 12.2. The Labute approximate surface area is 204 Å². The zero-order valence-corrected chi connectivity index (χ0v) is 19.9. The standard InChI is InChI=1S/C27H30N2O6/c1-25-17-33-27(34-18-25,35-19-25)16-28-13-12-26(23(28)30,14-20-8-4-2-5-9-20)29-22(15-32-24(29)31)21-10-6-3-7-11-21/h2-11,22H,12-19H2,1H3/t22-,25?,26-,27?/m1/s1. The minimum absolute atomic E-state index is 0.134. The van der Waals surface area contributed by atoms with E-state index in [-0.39, 0.29) is 30.5 Å². The van der Waals surface area contributed by atoms with Crippen LogP contribution in [0.2, 0.25) is 0 Å². The quantitative estimate of drug-likeness (QED) is 0.635. The molecule has 8 heteroatoms. The highest BCUT2D eigenvalue weighted by molar-refractivity contribution is 5.93. The molecule has 2 bridgehead atoms. The molecular weight excluding hydrogens is 448 g/mol. The van der Waals surface area contributed by atoms with Crippen molar-refractivity contribution in [2.45, 2.75) is 37.3 Å². The van der Waals surface area contributed by atoms with Gasteiger partial charge < -0.3 is 23.8 Å². The summed E-state index contributed by atoms with van der Waals surface area (Å²) in [5.41, 5.74) is 0.701. The van der Waals surface area contributed by atoms with E-state index in [2.05, 4.69) is 6.92 Å². The van der Waals surface area contributed by atoms with Gasteiger partial charge in [0.25, 0.3) is 0 Å². The normalized spacial score (nSPS) is 34.5. The van der Waals surface area contributed by atoms with Crippen molar-refractivity contribution in [1.29, 1.82) is 0 Å². The first-order chi connectivity index (χ1) is 16.9. The fourth-order valence-corrected chi connectivity index (χ4v) is 5.67. The average Bonchev–Trinajstić information content (AvgIpc) is 3.42. The van der Waals surface area contributed by atoms with Crippen LogP contribution in [0.5, 0.6) is 0 Å². The highest BCUT2D eigenvalue weighted by Crippen LogP contribution is 2.44. The van der Waals surface area contributed by atoms with E-state index in [1.165, 1.54) is 0 Å². The number of benzene rings is 2. The third-order valence-corrected chi connectivity index (χ3v) is 7.64.